The van der Waals surface area contributed by atoms with E-state index >= 15 is 0 Å². The first-order valence-electron chi connectivity index (χ1n) is 8.59. The van der Waals surface area contributed by atoms with Crippen molar-refractivity contribution >= 4 is 5.91 Å². The van der Waals surface area contributed by atoms with Crippen LogP contribution in [0.1, 0.15) is 48.8 Å². The molecule has 0 unspecified atom stereocenters. The molecular formula is C19H22FN3O. The van der Waals surface area contributed by atoms with E-state index in [0.717, 1.165) is 43.7 Å². The third-order valence-corrected chi connectivity index (χ3v) is 5.39. The number of amides is 1. The van der Waals surface area contributed by atoms with Gasteiger partial charge in [0.25, 0.3) is 0 Å². The van der Waals surface area contributed by atoms with Crippen LogP contribution < -0.4 is 0 Å². The summed E-state index contributed by atoms with van der Waals surface area (Å²) in [7, 11) is 1.97. The van der Waals surface area contributed by atoms with Crippen LogP contribution in [0.2, 0.25) is 0 Å². The Bertz CT molecular complexity index is 794. The van der Waals surface area contributed by atoms with Crippen molar-refractivity contribution in [3.8, 4) is 0 Å². The predicted octanol–water partition coefficient (Wildman–Crippen LogP) is 3.26. The van der Waals surface area contributed by atoms with Gasteiger partial charge in [0.2, 0.25) is 5.91 Å². The molecule has 126 valence electrons. The number of rotatable bonds is 3. The summed E-state index contributed by atoms with van der Waals surface area (Å²) in [5.41, 5.74) is 0.854. The van der Waals surface area contributed by atoms with Gasteiger partial charge in [-0.15, -0.1) is 0 Å². The van der Waals surface area contributed by atoms with Gasteiger partial charge in [0.1, 0.15) is 11.6 Å². The highest BCUT2D eigenvalue weighted by atomic mass is 19.1. The van der Waals surface area contributed by atoms with Crippen molar-refractivity contribution in [1.82, 2.24) is 14.5 Å². The Labute approximate surface area is 141 Å². The van der Waals surface area contributed by atoms with Crippen molar-refractivity contribution in [2.75, 3.05) is 6.54 Å². The van der Waals surface area contributed by atoms with Gasteiger partial charge in [0.05, 0.1) is 17.2 Å². The molecule has 1 atom stereocenters. The molecule has 1 aromatic carbocycles. The maximum atomic E-state index is 14.3. The number of carbonyl (C=O) groups excluding carboxylic acids is 1. The van der Waals surface area contributed by atoms with E-state index in [9.17, 15) is 9.18 Å². The Balaban J connectivity index is 1.67. The van der Waals surface area contributed by atoms with Crippen molar-refractivity contribution in [2.24, 2.45) is 7.05 Å². The molecule has 1 aliphatic heterocycles. The average Bonchev–Trinajstić information content (AvgIpc) is 3.09. The van der Waals surface area contributed by atoms with Crippen molar-refractivity contribution in [3.05, 3.63) is 53.4 Å². The Morgan fingerprint density at radius 1 is 1.33 bits per heavy atom. The minimum Gasteiger partial charge on any atom is -0.336 e. The lowest BCUT2D eigenvalue weighted by Gasteiger charge is -2.29. The number of halogens is 1. The molecule has 2 fully saturated rings. The highest BCUT2D eigenvalue weighted by molar-refractivity contribution is 5.91. The molecule has 1 amide bonds. The summed E-state index contributed by atoms with van der Waals surface area (Å²) < 4.78 is 16.3. The van der Waals surface area contributed by atoms with Gasteiger partial charge in [-0.25, -0.2) is 9.37 Å². The Morgan fingerprint density at radius 3 is 2.71 bits per heavy atom. The molecule has 5 heteroatoms. The summed E-state index contributed by atoms with van der Waals surface area (Å²) in [6.07, 6.45) is 5.34. The predicted molar refractivity (Wildman–Crippen MR) is 88.9 cm³/mol. The van der Waals surface area contributed by atoms with Crippen LogP contribution in [0.15, 0.2) is 30.5 Å². The van der Waals surface area contributed by atoms with Crippen LogP contribution in [0.4, 0.5) is 4.39 Å². The van der Waals surface area contributed by atoms with E-state index < -0.39 is 5.41 Å². The van der Waals surface area contributed by atoms with E-state index in [4.69, 9.17) is 0 Å². The van der Waals surface area contributed by atoms with Crippen molar-refractivity contribution in [1.29, 1.82) is 0 Å². The second-order valence-electron chi connectivity index (χ2n) is 7.07. The summed E-state index contributed by atoms with van der Waals surface area (Å²) in [5.74, 6) is 0.727. The van der Waals surface area contributed by atoms with Crippen LogP contribution >= 0.6 is 0 Å². The number of nitrogens with zero attached hydrogens (tertiary/aromatic N) is 3. The standard InChI is InChI=1S/C19H22FN3O/c1-13-12-22(2)17(21-13)16-8-5-11-23(16)18(24)19(9-10-19)14-6-3-4-7-15(14)20/h3-4,6-7,12,16H,5,8-11H2,1-2H3/t16-/m0/s1. The Morgan fingerprint density at radius 2 is 2.08 bits per heavy atom. The molecule has 4 rings (SSSR count). The van der Waals surface area contributed by atoms with Crippen molar-refractivity contribution in [2.45, 2.75) is 44.1 Å². The molecule has 1 aromatic heterocycles. The zero-order valence-electron chi connectivity index (χ0n) is 14.1. The number of imidazole rings is 1. The lowest BCUT2D eigenvalue weighted by atomic mass is 9.93. The molecule has 4 nitrogen and oxygen atoms in total. The monoisotopic (exact) mass is 327 g/mol. The highest BCUT2D eigenvalue weighted by Crippen LogP contribution is 2.52. The lowest BCUT2D eigenvalue weighted by Crippen LogP contribution is -2.40. The number of aryl methyl sites for hydroxylation is 2. The molecule has 0 N–H and O–H groups in total. The minimum atomic E-state index is -0.659. The summed E-state index contributed by atoms with van der Waals surface area (Å²) in [6, 6.07) is 6.70. The topological polar surface area (TPSA) is 38.1 Å². The van der Waals surface area contributed by atoms with E-state index in [0.29, 0.717) is 5.56 Å². The molecular weight excluding hydrogens is 305 g/mol. The first-order chi connectivity index (χ1) is 11.5. The molecule has 0 spiro atoms. The number of hydrogen-bond donors (Lipinski definition) is 0. The molecule has 24 heavy (non-hydrogen) atoms. The van der Waals surface area contributed by atoms with Gasteiger partial charge in [-0.1, -0.05) is 18.2 Å². The number of hydrogen-bond acceptors (Lipinski definition) is 2. The number of benzene rings is 1. The fourth-order valence-corrected chi connectivity index (χ4v) is 4.07. The van der Waals surface area contributed by atoms with Gasteiger partial charge in [0, 0.05) is 25.4 Å². The Kier molecular flexibility index (Phi) is 3.48. The maximum absolute atomic E-state index is 14.3. The first-order valence-corrected chi connectivity index (χ1v) is 8.59. The van der Waals surface area contributed by atoms with Crippen molar-refractivity contribution < 1.29 is 9.18 Å². The lowest BCUT2D eigenvalue weighted by molar-refractivity contribution is -0.135. The van der Waals surface area contributed by atoms with Crippen LogP contribution in [0.3, 0.4) is 0 Å². The van der Waals surface area contributed by atoms with Crippen LogP contribution in [-0.4, -0.2) is 26.9 Å². The summed E-state index contributed by atoms with van der Waals surface area (Å²) >= 11 is 0. The first kappa shape index (κ1) is 15.4. The number of likely N-dealkylation sites (tertiary alicyclic amines) is 1. The highest BCUT2D eigenvalue weighted by Gasteiger charge is 2.56. The minimum absolute atomic E-state index is 0.000415. The fourth-order valence-electron chi connectivity index (χ4n) is 4.07. The van der Waals surface area contributed by atoms with Gasteiger partial charge >= 0.3 is 0 Å². The molecule has 1 saturated carbocycles. The molecule has 2 aromatic rings. The van der Waals surface area contributed by atoms with E-state index in [1.165, 1.54) is 6.07 Å². The second kappa shape index (κ2) is 5.43. The van der Waals surface area contributed by atoms with Crippen LogP contribution in [0.5, 0.6) is 0 Å². The van der Waals surface area contributed by atoms with E-state index in [1.54, 1.807) is 12.1 Å². The second-order valence-corrected chi connectivity index (χ2v) is 7.07. The molecule has 1 saturated heterocycles. The quantitative estimate of drug-likeness (QED) is 0.868. The van der Waals surface area contributed by atoms with Crippen LogP contribution in [-0.2, 0) is 17.3 Å². The zero-order valence-corrected chi connectivity index (χ0v) is 14.1. The van der Waals surface area contributed by atoms with Crippen molar-refractivity contribution in [3.63, 3.8) is 0 Å². The molecule has 2 heterocycles. The Hall–Kier alpha value is -2.17. The largest absolute Gasteiger partial charge is 0.336 e. The fraction of sp³-hybridized carbons (Fsp3) is 0.474. The smallest absolute Gasteiger partial charge is 0.233 e. The van der Waals surface area contributed by atoms with E-state index in [2.05, 4.69) is 4.98 Å². The third-order valence-electron chi connectivity index (χ3n) is 5.39. The van der Waals surface area contributed by atoms with Gasteiger partial charge in [-0.05, 0) is 38.7 Å². The van der Waals surface area contributed by atoms with Gasteiger partial charge in [-0.2, -0.15) is 0 Å². The number of carbonyl (C=O) groups is 1. The third kappa shape index (κ3) is 2.26. The molecule has 0 radical (unpaired) electrons. The normalized spacial score (nSPS) is 22.0. The van der Waals surface area contributed by atoms with Gasteiger partial charge in [-0.3, -0.25) is 4.79 Å². The van der Waals surface area contributed by atoms with Crippen LogP contribution in [0, 0.1) is 12.7 Å². The van der Waals surface area contributed by atoms with Gasteiger partial charge in [0.15, 0.2) is 0 Å². The summed E-state index contributed by atoms with van der Waals surface area (Å²) in [5, 5.41) is 0. The van der Waals surface area contributed by atoms with E-state index in [1.807, 2.05) is 35.7 Å². The van der Waals surface area contributed by atoms with Gasteiger partial charge < -0.3 is 9.47 Å². The molecule has 2 aliphatic rings. The maximum Gasteiger partial charge on any atom is 0.233 e. The molecule has 1 aliphatic carbocycles. The zero-order chi connectivity index (χ0) is 16.9. The number of aromatic nitrogens is 2. The van der Waals surface area contributed by atoms with Crippen LogP contribution in [0.25, 0.3) is 0 Å². The summed E-state index contributed by atoms with van der Waals surface area (Å²) in [6.45, 7) is 2.69. The summed E-state index contributed by atoms with van der Waals surface area (Å²) in [4.78, 5) is 19.9. The SMILES string of the molecule is Cc1cn(C)c([C@@H]2CCCN2C(=O)C2(c3ccccc3F)CC2)n1. The van der Waals surface area contributed by atoms with E-state index in [-0.39, 0.29) is 17.8 Å². The molecule has 0 bridgehead atoms. The average molecular weight is 327 g/mol.